The van der Waals surface area contributed by atoms with Gasteiger partial charge in [-0.15, -0.1) is 0 Å². The molecule has 0 bridgehead atoms. The smallest absolute Gasteiger partial charge is 0.151 e. The van der Waals surface area contributed by atoms with Gasteiger partial charge in [0.15, 0.2) is 12.2 Å². The molecule has 0 N–H and O–H groups in total. The van der Waals surface area contributed by atoms with Crippen LogP contribution in [0, 0.1) is 0 Å². The standard InChI is InChI=1S/C16H23BrN2O4/c1-15(2,3)22-13(20)18-11-8-7-10(17)9-12(11)19-14(21)23-16(4,5)6/h7-9H,1-6H3,(H,18,20)(H,19,21)/p-2. The SMILES string of the molecule is CC(C)(C)OC([O-])=Nc1ccc(Br)cc1N=C([O-])OC(C)(C)C. The zero-order chi connectivity index (χ0) is 17.8. The molecule has 0 fully saturated rings. The molecule has 128 valence electrons. The Balaban J connectivity index is 3.16. The lowest BCUT2D eigenvalue weighted by Gasteiger charge is -2.30. The molecule has 0 aliphatic rings. The van der Waals surface area contributed by atoms with Crippen LogP contribution in [0.3, 0.4) is 0 Å². The van der Waals surface area contributed by atoms with Gasteiger partial charge in [-0.25, -0.2) is 9.98 Å². The highest BCUT2D eigenvalue weighted by Crippen LogP contribution is 2.31. The average Bonchev–Trinajstić information content (AvgIpc) is 2.27. The molecular weight excluding hydrogens is 364 g/mol. The van der Waals surface area contributed by atoms with E-state index in [1.165, 1.54) is 0 Å². The Labute approximate surface area is 145 Å². The van der Waals surface area contributed by atoms with Gasteiger partial charge in [0.1, 0.15) is 0 Å². The second-order valence-electron chi connectivity index (χ2n) is 6.82. The van der Waals surface area contributed by atoms with Crippen LogP contribution < -0.4 is 10.2 Å². The van der Waals surface area contributed by atoms with E-state index in [1.807, 2.05) is 0 Å². The van der Waals surface area contributed by atoms with Crippen LogP contribution in [0.15, 0.2) is 32.7 Å². The summed E-state index contributed by atoms with van der Waals surface area (Å²) in [5.74, 6) is 0. The second-order valence-corrected chi connectivity index (χ2v) is 7.73. The largest absolute Gasteiger partial charge is 0.594 e. The van der Waals surface area contributed by atoms with Gasteiger partial charge < -0.3 is 19.7 Å². The molecule has 0 aliphatic carbocycles. The van der Waals surface area contributed by atoms with E-state index in [1.54, 1.807) is 59.7 Å². The predicted octanol–water partition coefficient (Wildman–Crippen LogP) is 2.77. The maximum Gasteiger partial charge on any atom is 0.151 e. The number of benzene rings is 1. The van der Waals surface area contributed by atoms with Gasteiger partial charge in [0.05, 0.1) is 11.4 Å². The minimum Gasteiger partial charge on any atom is -0.594 e. The van der Waals surface area contributed by atoms with Crippen molar-refractivity contribution >= 4 is 39.5 Å². The highest BCUT2D eigenvalue weighted by molar-refractivity contribution is 9.10. The van der Waals surface area contributed by atoms with Gasteiger partial charge in [0.2, 0.25) is 0 Å². The normalized spacial score (nSPS) is 13.9. The Kier molecular flexibility index (Phi) is 6.04. The molecule has 6 nitrogen and oxygen atoms in total. The molecule has 0 heterocycles. The van der Waals surface area contributed by atoms with Crippen molar-refractivity contribution in [2.45, 2.75) is 52.7 Å². The minimum atomic E-state index is -0.753. The van der Waals surface area contributed by atoms with Crippen LogP contribution in [-0.4, -0.2) is 23.4 Å². The average molecular weight is 385 g/mol. The Morgan fingerprint density at radius 1 is 0.870 bits per heavy atom. The molecule has 1 aromatic rings. The van der Waals surface area contributed by atoms with Crippen molar-refractivity contribution in [2.75, 3.05) is 0 Å². The van der Waals surface area contributed by atoms with Gasteiger partial charge >= 0.3 is 0 Å². The van der Waals surface area contributed by atoms with Crippen molar-refractivity contribution in [3.05, 3.63) is 22.7 Å². The van der Waals surface area contributed by atoms with Crippen LogP contribution in [0.4, 0.5) is 11.4 Å². The number of ether oxygens (including phenoxy) is 2. The summed E-state index contributed by atoms with van der Waals surface area (Å²) in [5.41, 5.74) is -0.860. The first-order valence-electron chi connectivity index (χ1n) is 7.05. The summed E-state index contributed by atoms with van der Waals surface area (Å²) < 4.78 is 11.0. The highest BCUT2D eigenvalue weighted by Gasteiger charge is 2.08. The Morgan fingerprint density at radius 2 is 1.30 bits per heavy atom. The van der Waals surface area contributed by atoms with E-state index < -0.39 is 23.4 Å². The third-order valence-electron chi connectivity index (χ3n) is 2.15. The third kappa shape index (κ3) is 7.88. The van der Waals surface area contributed by atoms with Crippen LogP contribution in [0.2, 0.25) is 0 Å². The van der Waals surface area contributed by atoms with Gasteiger partial charge in [-0.05, 0) is 18.2 Å². The number of halogens is 1. The lowest BCUT2D eigenvalue weighted by Crippen LogP contribution is -2.32. The van der Waals surface area contributed by atoms with Gasteiger partial charge in [0.25, 0.3) is 0 Å². The highest BCUT2D eigenvalue weighted by atomic mass is 79.9. The first kappa shape index (κ1) is 19.3. The predicted molar refractivity (Wildman–Crippen MR) is 90.0 cm³/mol. The van der Waals surface area contributed by atoms with Gasteiger partial charge in [-0.1, -0.05) is 57.5 Å². The van der Waals surface area contributed by atoms with Gasteiger partial charge in [0, 0.05) is 15.7 Å². The monoisotopic (exact) mass is 384 g/mol. The fraction of sp³-hybridized carbons (Fsp3) is 0.500. The summed E-state index contributed by atoms with van der Waals surface area (Å²) in [7, 11) is 0. The van der Waals surface area contributed by atoms with E-state index in [0.29, 0.717) is 4.47 Å². The first-order valence-corrected chi connectivity index (χ1v) is 7.84. The lowest BCUT2D eigenvalue weighted by atomic mass is 10.2. The fourth-order valence-electron chi connectivity index (χ4n) is 1.45. The van der Waals surface area contributed by atoms with Gasteiger partial charge in [-0.2, -0.15) is 0 Å². The van der Waals surface area contributed by atoms with Crippen LogP contribution in [-0.2, 0) is 9.47 Å². The van der Waals surface area contributed by atoms with E-state index in [9.17, 15) is 10.2 Å². The van der Waals surface area contributed by atoms with Crippen molar-refractivity contribution < 1.29 is 19.7 Å². The maximum absolute atomic E-state index is 11.8. The molecule has 0 amide bonds. The summed E-state index contributed by atoms with van der Waals surface area (Å²) in [6, 6.07) is 4.83. The van der Waals surface area contributed by atoms with Crippen molar-refractivity contribution in [3.63, 3.8) is 0 Å². The third-order valence-corrected chi connectivity index (χ3v) is 2.64. The van der Waals surface area contributed by atoms with Crippen molar-refractivity contribution in [1.82, 2.24) is 0 Å². The molecule has 0 saturated heterocycles. The Morgan fingerprint density at radius 3 is 1.74 bits per heavy atom. The molecule has 0 atom stereocenters. The number of hydrogen-bond acceptors (Lipinski definition) is 6. The van der Waals surface area contributed by atoms with Crippen LogP contribution in [0.1, 0.15) is 41.5 Å². The van der Waals surface area contributed by atoms with E-state index in [4.69, 9.17) is 9.47 Å². The quantitative estimate of drug-likeness (QED) is 0.578. The van der Waals surface area contributed by atoms with E-state index in [-0.39, 0.29) is 11.4 Å². The number of hydrogen-bond donors (Lipinski definition) is 0. The molecule has 1 aromatic carbocycles. The minimum absolute atomic E-state index is 0.222. The van der Waals surface area contributed by atoms with E-state index >= 15 is 0 Å². The van der Waals surface area contributed by atoms with Crippen molar-refractivity contribution in [1.29, 1.82) is 0 Å². The first-order chi connectivity index (χ1) is 10.4. The molecule has 23 heavy (non-hydrogen) atoms. The summed E-state index contributed by atoms with van der Waals surface area (Å²) in [6.07, 6.45) is -1.50. The van der Waals surface area contributed by atoms with Crippen molar-refractivity contribution in [2.24, 2.45) is 9.98 Å². The molecule has 0 unspecified atom stereocenters. The van der Waals surface area contributed by atoms with Crippen molar-refractivity contribution in [3.8, 4) is 0 Å². The number of aliphatic imine (C=N–C) groups is 2. The summed E-state index contributed by atoms with van der Waals surface area (Å²) >= 11 is 3.29. The molecule has 0 aromatic heterocycles. The summed E-state index contributed by atoms with van der Waals surface area (Å²) in [5, 5.41) is 23.7. The molecular formula is C16H21BrN2O4-2. The zero-order valence-corrected chi connectivity index (χ0v) is 15.7. The zero-order valence-electron chi connectivity index (χ0n) is 14.1. The summed E-state index contributed by atoms with van der Waals surface area (Å²) in [4.78, 5) is 7.71. The molecule has 0 radical (unpaired) electrons. The molecule has 1 rings (SSSR count). The Hall–Kier alpha value is -1.76. The summed E-state index contributed by atoms with van der Waals surface area (Å²) in [6.45, 7) is 10.5. The van der Waals surface area contributed by atoms with Gasteiger partial charge in [-0.3, -0.25) is 0 Å². The molecule has 0 spiro atoms. The molecule has 0 saturated carbocycles. The van der Waals surface area contributed by atoms with Crippen LogP contribution in [0.5, 0.6) is 0 Å². The molecule has 0 aliphatic heterocycles. The van der Waals surface area contributed by atoms with E-state index in [0.717, 1.165) is 0 Å². The maximum atomic E-state index is 11.8. The Bertz CT molecular complexity index is 613. The fourth-order valence-corrected chi connectivity index (χ4v) is 1.80. The van der Waals surface area contributed by atoms with Crippen LogP contribution >= 0.6 is 15.9 Å². The molecule has 7 heteroatoms. The lowest BCUT2D eigenvalue weighted by molar-refractivity contribution is -0.261. The number of nitrogens with zero attached hydrogens (tertiary/aromatic N) is 2. The topological polar surface area (TPSA) is 89.3 Å². The number of rotatable bonds is 2. The second kappa shape index (κ2) is 7.21. The van der Waals surface area contributed by atoms with E-state index in [2.05, 4.69) is 25.9 Å². The van der Waals surface area contributed by atoms with Crippen LogP contribution in [0.25, 0.3) is 0 Å².